The van der Waals surface area contributed by atoms with Crippen molar-refractivity contribution >= 4 is 12.1 Å². The third-order valence-electron chi connectivity index (χ3n) is 3.51. The zero-order chi connectivity index (χ0) is 15.9. The van der Waals surface area contributed by atoms with Crippen LogP contribution in [0.3, 0.4) is 0 Å². The predicted octanol–water partition coefficient (Wildman–Crippen LogP) is 2.39. The van der Waals surface area contributed by atoms with Crippen molar-refractivity contribution in [3.05, 3.63) is 0 Å². The second-order valence-electron chi connectivity index (χ2n) is 6.70. The van der Waals surface area contributed by atoms with Crippen LogP contribution in [0.4, 0.5) is 9.59 Å². The Hall–Kier alpha value is -1.46. The van der Waals surface area contributed by atoms with Gasteiger partial charge < -0.3 is 20.7 Å². The molecule has 1 rings (SSSR count). The van der Waals surface area contributed by atoms with E-state index in [0.717, 1.165) is 6.42 Å². The van der Waals surface area contributed by atoms with Gasteiger partial charge in [0.1, 0.15) is 5.60 Å². The van der Waals surface area contributed by atoms with Crippen molar-refractivity contribution < 1.29 is 14.3 Å². The molecule has 6 heteroatoms. The maximum Gasteiger partial charge on any atom is 0.407 e. The van der Waals surface area contributed by atoms with Gasteiger partial charge in [0.2, 0.25) is 0 Å². The third-order valence-corrected chi connectivity index (χ3v) is 3.51. The molecule has 0 aromatic rings. The van der Waals surface area contributed by atoms with Gasteiger partial charge >= 0.3 is 12.1 Å². The second-order valence-corrected chi connectivity index (χ2v) is 6.70. The van der Waals surface area contributed by atoms with Gasteiger partial charge in [0.15, 0.2) is 0 Å². The van der Waals surface area contributed by atoms with Crippen molar-refractivity contribution in [3.63, 3.8) is 0 Å². The topological polar surface area (TPSA) is 79.5 Å². The van der Waals surface area contributed by atoms with Crippen molar-refractivity contribution in [2.75, 3.05) is 13.1 Å². The Labute approximate surface area is 127 Å². The number of urea groups is 1. The van der Waals surface area contributed by atoms with Crippen LogP contribution in [0.25, 0.3) is 0 Å². The molecule has 1 aliphatic rings. The zero-order valence-corrected chi connectivity index (χ0v) is 13.6. The molecule has 2 unspecified atom stereocenters. The van der Waals surface area contributed by atoms with Gasteiger partial charge in [-0.15, -0.1) is 0 Å². The van der Waals surface area contributed by atoms with Gasteiger partial charge in [-0.3, -0.25) is 0 Å². The Balaban J connectivity index is 2.12. The molecule has 0 spiro atoms. The highest BCUT2D eigenvalue weighted by Gasteiger charge is 2.22. The number of alkyl carbamates (subject to hydrolysis) is 1. The molecule has 0 saturated heterocycles. The van der Waals surface area contributed by atoms with Gasteiger partial charge in [-0.1, -0.05) is 19.8 Å². The van der Waals surface area contributed by atoms with Crippen molar-refractivity contribution in [2.24, 2.45) is 5.92 Å². The monoisotopic (exact) mass is 299 g/mol. The summed E-state index contributed by atoms with van der Waals surface area (Å²) < 4.78 is 5.10. The first kappa shape index (κ1) is 17.6. The number of hydrogen-bond acceptors (Lipinski definition) is 3. The van der Waals surface area contributed by atoms with E-state index in [2.05, 4.69) is 22.9 Å². The molecule has 1 fully saturated rings. The lowest BCUT2D eigenvalue weighted by molar-refractivity contribution is 0.0528. The van der Waals surface area contributed by atoms with Crippen LogP contribution in [0, 0.1) is 5.92 Å². The summed E-state index contributed by atoms with van der Waals surface area (Å²) in [6, 6.07) is 0.0947. The Morgan fingerprint density at radius 1 is 1.10 bits per heavy atom. The molecule has 21 heavy (non-hydrogen) atoms. The number of rotatable bonds is 4. The van der Waals surface area contributed by atoms with Gasteiger partial charge in [-0.05, 0) is 39.5 Å². The third kappa shape index (κ3) is 7.78. The highest BCUT2D eigenvalue weighted by Crippen LogP contribution is 2.23. The molecule has 0 heterocycles. The van der Waals surface area contributed by atoms with Gasteiger partial charge in [-0.2, -0.15) is 0 Å². The van der Waals surface area contributed by atoms with Crippen LogP contribution >= 0.6 is 0 Å². The molecule has 0 aromatic carbocycles. The van der Waals surface area contributed by atoms with E-state index in [1.165, 1.54) is 19.3 Å². The van der Waals surface area contributed by atoms with E-state index >= 15 is 0 Å². The number of hydrogen-bond donors (Lipinski definition) is 3. The molecule has 1 aliphatic carbocycles. The van der Waals surface area contributed by atoms with Crippen LogP contribution in [0.15, 0.2) is 0 Å². The quantitative estimate of drug-likeness (QED) is 0.697. The lowest BCUT2D eigenvalue weighted by Gasteiger charge is -2.29. The Morgan fingerprint density at radius 3 is 2.33 bits per heavy atom. The fourth-order valence-corrected chi connectivity index (χ4v) is 2.40. The minimum atomic E-state index is -0.508. The SMILES string of the molecule is CC1CCCCC1NC(=O)NCCNC(=O)OC(C)(C)C. The van der Waals surface area contributed by atoms with E-state index in [4.69, 9.17) is 4.74 Å². The van der Waals surface area contributed by atoms with E-state index in [9.17, 15) is 9.59 Å². The Bertz CT molecular complexity index is 353. The van der Waals surface area contributed by atoms with E-state index in [1.807, 2.05) is 20.8 Å². The van der Waals surface area contributed by atoms with Crippen LogP contribution in [-0.4, -0.2) is 36.9 Å². The molecule has 3 N–H and O–H groups in total. The maximum atomic E-state index is 11.8. The first-order valence-corrected chi connectivity index (χ1v) is 7.79. The average Bonchev–Trinajstić information content (AvgIpc) is 2.35. The summed E-state index contributed by atoms with van der Waals surface area (Å²) in [5.41, 5.74) is -0.508. The van der Waals surface area contributed by atoms with E-state index < -0.39 is 11.7 Å². The molecule has 0 aromatic heterocycles. The molecular formula is C15H29N3O3. The van der Waals surface area contributed by atoms with Crippen molar-refractivity contribution in [3.8, 4) is 0 Å². The Morgan fingerprint density at radius 2 is 1.71 bits per heavy atom. The van der Waals surface area contributed by atoms with E-state index in [1.54, 1.807) is 0 Å². The summed E-state index contributed by atoms with van der Waals surface area (Å²) in [5.74, 6) is 0.532. The maximum absolute atomic E-state index is 11.8. The average molecular weight is 299 g/mol. The van der Waals surface area contributed by atoms with Crippen molar-refractivity contribution in [2.45, 2.75) is 65.0 Å². The number of carbonyl (C=O) groups is 2. The number of amides is 3. The molecular weight excluding hydrogens is 270 g/mol. The fourth-order valence-electron chi connectivity index (χ4n) is 2.40. The standard InChI is InChI=1S/C15H29N3O3/c1-11-7-5-6-8-12(11)18-13(19)16-9-10-17-14(20)21-15(2,3)4/h11-12H,5-10H2,1-4H3,(H,17,20)(H2,16,18,19). The van der Waals surface area contributed by atoms with Gasteiger partial charge in [0, 0.05) is 19.1 Å². The minimum Gasteiger partial charge on any atom is -0.444 e. The lowest BCUT2D eigenvalue weighted by atomic mass is 9.86. The first-order chi connectivity index (χ1) is 9.78. The van der Waals surface area contributed by atoms with Crippen LogP contribution in [0.5, 0.6) is 0 Å². The normalized spacial score (nSPS) is 22.3. The van der Waals surface area contributed by atoms with Crippen LogP contribution in [-0.2, 0) is 4.74 Å². The largest absolute Gasteiger partial charge is 0.444 e. The van der Waals surface area contributed by atoms with Crippen molar-refractivity contribution in [1.29, 1.82) is 0 Å². The molecule has 0 bridgehead atoms. The molecule has 3 amide bonds. The molecule has 1 saturated carbocycles. The number of ether oxygens (including phenoxy) is 1. The van der Waals surface area contributed by atoms with Crippen LogP contribution in [0.1, 0.15) is 53.4 Å². The van der Waals surface area contributed by atoms with Gasteiger partial charge in [0.25, 0.3) is 0 Å². The predicted molar refractivity (Wildman–Crippen MR) is 82.2 cm³/mol. The summed E-state index contributed by atoms with van der Waals surface area (Å²) in [5, 5.41) is 8.35. The second kappa shape index (κ2) is 8.10. The smallest absolute Gasteiger partial charge is 0.407 e. The van der Waals surface area contributed by atoms with E-state index in [0.29, 0.717) is 19.0 Å². The number of nitrogens with one attached hydrogen (secondary N) is 3. The van der Waals surface area contributed by atoms with Gasteiger partial charge in [0.05, 0.1) is 0 Å². The zero-order valence-electron chi connectivity index (χ0n) is 13.6. The summed E-state index contributed by atoms with van der Waals surface area (Å²) >= 11 is 0. The summed E-state index contributed by atoms with van der Waals surface area (Å²) in [7, 11) is 0. The molecule has 6 nitrogen and oxygen atoms in total. The highest BCUT2D eigenvalue weighted by molar-refractivity contribution is 5.74. The van der Waals surface area contributed by atoms with Crippen molar-refractivity contribution in [1.82, 2.24) is 16.0 Å². The lowest BCUT2D eigenvalue weighted by Crippen LogP contribution is -2.47. The van der Waals surface area contributed by atoms with Crippen LogP contribution in [0.2, 0.25) is 0 Å². The highest BCUT2D eigenvalue weighted by atomic mass is 16.6. The van der Waals surface area contributed by atoms with Crippen LogP contribution < -0.4 is 16.0 Å². The molecule has 122 valence electrons. The summed E-state index contributed by atoms with van der Waals surface area (Å²) in [6.45, 7) is 8.33. The first-order valence-electron chi connectivity index (χ1n) is 7.79. The summed E-state index contributed by atoms with van der Waals surface area (Å²) in [6.07, 6.45) is 4.18. The van der Waals surface area contributed by atoms with Gasteiger partial charge in [-0.25, -0.2) is 9.59 Å². The molecule has 0 aliphatic heterocycles. The summed E-state index contributed by atoms with van der Waals surface area (Å²) in [4.78, 5) is 23.2. The Kier molecular flexibility index (Phi) is 6.78. The molecule has 2 atom stereocenters. The number of carbonyl (C=O) groups excluding carboxylic acids is 2. The minimum absolute atomic E-state index is 0.167. The fraction of sp³-hybridized carbons (Fsp3) is 0.867. The molecule has 0 radical (unpaired) electrons. The van der Waals surface area contributed by atoms with E-state index in [-0.39, 0.29) is 12.1 Å².